The maximum Gasteiger partial charge on any atom is 0.0562 e. The van der Waals surface area contributed by atoms with Crippen molar-refractivity contribution < 1.29 is 0 Å². The van der Waals surface area contributed by atoms with Gasteiger partial charge in [-0.15, -0.1) is 12.4 Å². The summed E-state index contributed by atoms with van der Waals surface area (Å²) < 4.78 is 3.19. The Morgan fingerprint density at radius 2 is 1.45 bits per heavy atom. The van der Waals surface area contributed by atoms with Crippen molar-refractivity contribution in [3.8, 4) is 5.69 Å². The summed E-state index contributed by atoms with van der Waals surface area (Å²) in [6.45, 7) is 0. The number of nitrogens with two attached hydrogens (primary N) is 1. The van der Waals surface area contributed by atoms with Gasteiger partial charge < -0.3 is 10.3 Å². The lowest BCUT2D eigenvalue weighted by molar-refractivity contribution is 1.18. The minimum atomic E-state index is 0. The summed E-state index contributed by atoms with van der Waals surface area (Å²) >= 11 is 3.53. The van der Waals surface area contributed by atoms with Gasteiger partial charge in [-0.2, -0.15) is 0 Å². The maximum atomic E-state index is 6.32. The maximum absolute atomic E-state index is 6.32. The molecule has 0 saturated carbocycles. The number of halogens is 2. The second-order valence-electron chi connectivity index (χ2n) is 5.04. The van der Waals surface area contributed by atoms with Crippen LogP contribution < -0.4 is 5.73 Å². The van der Waals surface area contributed by atoms with E-state index in [0.717, 1.165) is 26.8 Å². The number of hydrogen-bond donors (Lipinski definition) is 1. The smallest absolute Gasteiger partial charge is 0.0562 e. The lowest BCUT2D eigenvalue weighted by Gasteiger charge is -2.07. The summed E-state index contributed by atoms with van der Waals surface area (Å²) in [6, 6.07) is 22.9. The van der Waals surface area contributed by atoms with E-state index in [9.17, 15) is 0 Å². The quantitative estimate of drug-likeness (QED) is 0.436. The molecule has 0 atom stereocenters. The van der Waals surface area contributed by atoms with Crippen LogP contribution in [-0.4, -0.2) is 4.57 Å². The number of benzene rings is 3. The predicted molar refractivity (Wildman–Crippen MR) is 100 cm³/mol. The van der Waals surface area contributed by atoms with Crippen LogP contribution in [0.4, 0.5) is 5.69 Å². The van der Waals surface area contributed by atoms with Crippen LogP contribution in [0.3, 0.4) is 0 Å². The van der Waals surface area contributed by atoms with E-state index in [1.54, 1.807) is 0 Å². The van der Waals surface area contributed by atoms with Gasteiger partial charge in [0.15, 0.2) is 0 Å². The SMILES string of the molecule is Cl.Nc1c(Br)ccc2c1c1ccccc1n2-c1ccccc1. The lowest BCUT2D eigenvalue weighted by Crippen LogP contribution is -1.93. The van der Waals surface area contributed by atoms with E-state index in [0.29, 0.717) is 0 Å². The molecule has 4 rings (SSSR count). The van der Waals surface area contributed by atoms with Gasteiger partial charge in [0.05, 0.1) is 16.7 Å². The number of aromatic nitrogens is 1. The molecule has 0 bridgehead atoms. The van der Waals surface area contributed by atoms with Crippen LogP contribution in [0.2, 0.25) is 0 Å². The van der Waals surface area contributed by atoms with Gasteiger partial charge in [0, 0.05) is 20.9 Å². The van der Waals surface area contributed by atoms with E-state index < -0.39 is 0 Å². The molecule has 0 amide bonds. The molecular weight excluding hydrogens is 360 g/mol. The third-order valence-electron chi connectivity index (χ3n) is 3.84. The van der Waals surface area contributed by atoms with E-state index in [1.807, 2.05) is 12.1 Å². The fourth-order valence-electron chi connectivity index (χ4n) is 2.92. The van der Waals surface area contributed by atoms with E-state index >= 15 is 0 Å². The highest BCUT2D eigenvalue weighted by Crippen LogP contribution is 2.38. The lowest BCUT2D eigenvalue weighted by atomic mass is 10.1. The molecule has 3 aromatic carbocycles. The molecule has 0 aliphatic heterocycles. The van der Waals surface area contributed by atoms with Crippen molar-refractivity contribution >= 4 is 55.8 Å². The van der Waals surface area contributed by atoms with E-state index in [-0.39, 0.29) is 12.4 Å². The fourth-order valence-corrected chi connectivity index (χ4v) is 3.25. The second kappa shape index (κ2) is 5.67. The molecular formula is C18H14BrClN2. The first-order chi connectivity index (χ1) is 10.3. The highest BCUT2D eigenvalue weighted by molar-refractivity contribution is 9.10. The Bertz CT molecular complexity index is 961. The molecule has 0 saturated heterocycles. The Hall–Kier alpha value is -1.97. The predicted octanol–water partition coefficient (Wildman–Crippen LogP) is 5.55. The number of fused-ring (bicyclic) bond motifs is 3. The molecule has 1 heterocycles. The van der Waals surface area contributed by atoms with Crippen molar-refractivity contribution in [2.45, 2.75) is 0 Å². The number of nitrogens with zero attached hydrogens (tertiary/aromatic N) is 1. The number of hydrogen-bond acceptors (Lipinski definition) is 1. The Labute approximate surface area is 143 Å². The molecule has 0 spiro atoms. The first kappa shape index (κ1) is 14.9. The summed E-state index contributed by atoms with van der Waals surface area (Å²) in [6.07, 6.45) is 0. The normalized spacial score (nSPS) is 10.8. The Morgan fingerprint density at radius 3 is 2.23 bits per heavy atom. The van der Waals surface area contributed by atoms with Crippen molar-refractivity contribution in [2.24, 2.45) is 0 Å². The van der Waals surface area contributed by atoms with Gasteiger partial charge in [-0.1, -0.05) is 36.4 Å². The molecule has 2 N–H and O–H groups in total. The summed E-state index contributed by atoms with van der Waals surface area (Å²) in [5.74, 6) is 0. The zero-order valence-electron chi connectivity index (χ0n) is 11.7. The van der Waals surface area contributed by atoms with Gasteiger partial charge in [0.1, 0.15) is 0 Å². The summed E-state index contributed by atoms with van der Waals surface area (Å²) in [4.78, 5) is 0. The minimum absolute atomic E-state index is 0. The van der Waals surface area contributed by atoms with Crippen LogP contribution in [-0.2, 0) is 0 Å². The van der Waals surface area contributed by atoms with Crippen molar-refractivity contribution in [1.29, 1.82) is 0 Å². The van der Waals surface area contributed by atoms with Gasteiger partial charge in [-0.05, 0) is 46.3 Å². The molecule has 0 radical (unpaired) electrons. The minimum Gasteiger partial charge on any atom is -0.397 e. The molecule has 2 nitrogen and oxygen atoms in total. The van der Waals surface area contributed by atoms with Gasteiger partial charge in [-0.3, -0.25) is 0 Å². The zero-order valence-corrected chi connectivity index (χ0v) is 14.1. The largest absolute Gasteiger partial charge is 0.397 e. The van der Waals surface area contributed by atoms with Crippen molar-refractivity contribution in [2.75, 3.05) is 5.73 Å². The Balaban J connectivity index is 0.00000144. The summed E-state index contributed by atoms with van der Waals surface area (Å²) in [5.41, 5.74) is 10.5. The van der Waals surface area contributed by atoms with Gasteiger partial charge in [0.2, 0.25) is 0 Å². The van der Waals surface area contributed by atoms with E-state index in [4.69, 9.17) is 5.73 Å². The standard InChI is InChI=1S/C18H13BrN2.ClH/c19-14-10-11-16-17(18(14)20)13-8-4-5-9-15(13)21(16)12-6-2-1-3-7-12;/h1-11H,20H2;1H. The van der Waals surface area contributed by atoms with Crippen LogP contribution in [0, 0.1) is 0 Å². The Morgan fingerprint density at radius 1 is 0.773 bits per heavy atom. The molecule has 4 aromatic rings. The fraction of sp³-hybridized carbons (Fsp3) is 0. The Kier molecular flexibility index (Phi) is 3.85. The van der Waals surface area contributed by atoms with Crippen LogP contribution in [0.15, 0.2) is 71.2 Å². The highest BCUT2D eigenvalue weighted by Gasteiger charge is 2.14. The van der Waals surface area contributed by atoms with Crippen molar-refractivity contribution in [3.63, 3.8) is 0 Å². The molecule has 0 aliphatic rings. The average molecular weight is 374 g/mol. The van der Waals surface area contributed by atoms with Crippen LogP contribution in [0.5, 0.6) is 0 Å². The van der Waals surface area contributed by atoms with Crippen LogP contribution >= 0.6 is 28.3 Å². The molecule has 0 aliphatic carbocycles. The van der Waals surface area contributed by atoms with Crippen molar-refractivity contribution in [1.82, 2.24) is 4.57 Å². The molecule has 4 heteroatoms. The van der Waals surface area contributed by atoms with E-state index in [2.05, 4.69) is 75.1 Å². The number of rotatable bonds is 1. The summed E-state index contributed by atoms with van der Waals surface area (Å²) in [5, 5.41) is 2.28. The molecule has 22 heavy (non-hydrogen) atoms. The zero-order chi connectivity index (χ0) is 14.4. The molecule has 0 unspecified atom stereocenters. The van der Waals surface area contributed by atoms with Crippen LogP contribution in [0.1, 0.15) is 0 Å². The first-order valence-electron chi connectivity index (χ1n) is 6.80. The highest BCUT2D eigenvalue weighted by atomic mass is 79.9. The topological polar surface area (TPSA) is 30.9 Å². The molecule has 110 valence electrons. The monoisotopic (exact) mass is 372 g/mol. The van der Waals surface area contributed by atoms with Gasteiger partial charge in [-0.25, -0.2) is 0 Å². The first-order valence-corrected chi connectivity index (χ1v) is 7.59. The molecule has 0 fully saturated rings. The van der Waals surface area contributed by atoms with E-state index in [1.165, 1.54) is 10.9 Å². The van der Waals surface area contributed by atoms with Crippen LogP contribution in [0.25, 0.3) is 27.5 Å². The van der Waals surface area contributed by atoms with Crippen molar-refractivity contribution in [3.05, 3.63) is 71.2 Å². The molecule has 1 aromatic heterocycles. The number of para-hydroxylation sites is 2. The van der Waals surface area contributed by atoms with Gasteiger partial charge >= 0.3 is 0 Å². The second-order valence-corrected chi connectivity index (χ2v) is 5.90. The van der Waals surface area contributed by atoms with Gasteiger partial charge in [0.25, 0.3) is 0 Å². The number of anilines is 1. The summed E-state index contributed by atoms with van der Waals surface area (Å²) in [7, 11) is 0. The third-order valence-corrected chi connectivity index (χ3v) is 4.53. The number of nitrogen functional groups attached to an aromatic ring is 1. The average Bonchev–Trinajstić information content (AvgIpc) is 2.87. The third kappa shape index (κ3) is 2.09.